The maximum Gasteiger partial charge on any atom is 0.129 e. The molecule has 0 spiro atoms. The van der Waals surface area contributed by atoms with Gasteiger partial charge in [-0.2, -0.15) is 0 Å². The fraction of sp³-hybridized carbons (Fsp3) is 0.706. The van der Waals surface area contributed by atoms with Crippen LogP contribution < -0.4 is 10.2 Å². The average Bonchev–Trinajstić information content (AvgIpc) is 2.39. The predicted octanol–water partition coefficient (Wildman–Crippen LogP) is 3.59. The van der Waals surface area contributed by atoms with E-state index in [1.165, 1.54) is 12.8 Å². The van der Waals surface area contributed by atoms with Crippen molar-refractivity contribution >= 4 is 5.82 Å². The van der Waals surface area contributed by atoms with Crippen molar-refractivity contribution < 1.29 is 0 Å². The molecule has 0 saturated carbocycles. The van der Waals surface area contributed by atoms with E-state index in [1.807, 2.05) is 0 Å². The van der Waals surface area contributed by atoms with Crippen LogP contribution in [-0.2, 0) is 6.54 Å². The van der Waals surface area contributed by atoms with E-state index in [2.05, 4.69) is 63.0 Å². The first-order valence-corrected chi connectivity index (χ1v) is 7.84. The molecule has 1 N–H and O–H groups in total. The first-order valence-electron chi connectivity index (χ1n) is 7.84. The quantitative estimate of drug-likeness (QED) is 0.913. The van der Waals surface area contributed by atoms with Crippen molar-refractivity contribution in [2.24, 2.45) is 5.92 Å². The maximum atomic E-state index is 4.85. The van der Waals surface area contributed by atoms with Gasteiger partial charge in [-0.15, -0.1) is 0 Å². The molecule has 2 atom stereocenters. The summed E-state index contributed by atoms with van der Waals surface area (Å²) in [7, 11) is 0. The van der Waals surface area contributed by atoms with Crippen molar-refractivity contribution in [1.29, 1.82) is 0 Å². The highest BCUT2D eigenvalue weighted by Crippen LogP contribution is 2.27. The summed E-state index contributed by atoms with van der Waals surface area (Å²) in [5.41, 5.74) is 1.26. The number of nitrogens with zero attached hydrogens (tertiary/aromatic N) is 2. The van der Waals surface area contributed by atoms with Gasteiger partial charge in [0.1, 0.15) is 5.82 Å². The summed E-state index contributed by atoms with van der Waals surface area (Å²) in [4.78, 5) is 7.31. The summed E-state index contributed by atoms with van der Waals surface area (Å²) in [6.45, 7) is 13.2. The number of rotatable bonds is 3. The molecule has 1 aliphatic rings. The van der Waals surface area contributed by atoms with Crippen LogP contribution in [0.4, 0.5) is 5.82 Å². The van der Waals surface area contributed by atoms with Gasteiger partial charge < -0.3 is 10.2 Å². The summed E-state index contributed by atoms with van der Waals surface area (Å²) >= 11 is 0. The molecule has 3 nitrogen and oxygen atoms in total. The molecule has 2 unspecified atom stereocenters. The number of piperidine rings is 1. The Bertz CT molecular complexity index is 436. The van der Waals surface area contributed by atoms with Gasteiger partial charge in [-0.25, -0.2) is 4.98 Å². The van der Waals surface area contributed by atoms with Crippen LogP contribution in [0.2, 0.25) is 0 Å². The zero-order valence-corrected chi connectivity index (χ0v) is 13.6. The molecule has 1 saturated heterocycles. The largest absolute Gasteiger partial charge is 0.354 e. The van der Waals surface area contributed by atoms with Gasteiger partial charge in [0, 0.05) is 24.7 Å². The van der Waals surface area contributed by atoms with E-state index in [-0.39, 0.29) is 5.54 Å². The second-order valence-corrected chi connectivity index (χ2v) is 7.14. The summed E-state index contributed by atoms with van der Waals surface area (Å²) in [5, 5.41) is 3.51. The minimum atomic E-state index is 0.130. The fourth-order valence-electron chi connectivity index (χ4n) is 2.74. The van der Waals surface area contributed by atoms with Crippen LogP contribution in [0.15, 0.2) is 18.2 Å². The standard InChI is InChI=1S/C17H29N3/c1-13-8-7-11-20(14(13)2)16-10-6-9-15(19-16)12-18-17(3,4)5/h6,9-10,13-14,18H,7-8,11-12H2,1-5H3. The summed E-state index contributed by atoms with van der Waals surface area (Å²) in [6, 6.07) is 6.98. The van der Waals surface area contributed by atoms with E-state index in [0.29, 0.717) is 6.04 Å². The Morgan fingerprint density at radius 1 is 1.30 bits per heavy atom. The van der Waals surface area contributed by atoms with E-state index in [1.54, 1.807) is 0 Å². The molecule has 1 aromatic rings. The molecule has 0 bridgehead atoms. The van der Waals surface area contributed by atoms with Gasteiger partial charge in [-0.1, -0.05) is 13.0 Å². The maximum absolute atomic E-state index is 4.85. The van der Waals surface area contributed by atoms with Crippen LogP contribution in [-0.4, -0.2) is 23.1 Å². The van der Waals surface area contributed by atoms with Gasteiger partial charge in [0.15, 0.2) is 0 Å². The topological polar surface area (TPSA) is 28.2 Å². The van der Waals surface area contributed by atoms with Crippen LogP contribution in [0.3, 0.4) is 0 Å². The Labute approximate surface area is 123 Å². The Hall–Kier alpha value is -1.09. The van der Waals surface area contributed by atoms with Crippen LogP contribution in [0.25, 0.3) is 0 Å². The molecule has 2 rings (SSSR count). The molecule has 1 aliphatic heterocycles. The Balaban J connectivity index is 2.09. The van der Waals surface area contributed by atoms with E-state index in [4.69, 9.17) is 4.98 Å². The van der Waals surface area contributed by atoms with Crippen molar-refractivity contribution in [1.82, 2.24) is 10.3 Å². The molecule has 0 radical (unpaired) electrons. The van der Waals surface area contributed by atoms with E-state index in [0.717, 1.165) is 30.5 Å². The van der Waals surface area contributed by atoms with Crippen LogP contribution in [0.5, 0.6) is 0 Å². The molecular formula is C17H29N3. The van der Waals surface area contributed by atoms with Gasteiger partial charge >= 0.3 is 0 Å². The molecule has 0 aromatic carbocycles. The third-order valence-corrected chi connectivity index (χ3v) is 4.26. The number of hydrogen-bond acceptors (Lipinski definition) is 3. The number of aromatic nitrogens is 1. The second kappa shape index (κ2) is 6.13. The predicted molar refractivity (Wildman–Crippen MR) is 86.0 cm³/mol. The summed E-state index contributed by atoms with van der Waals surface area (Å²) < 4.78 is 0. The number of anilines is 1. The second-order valence-electron chi connectivity index (χ2n) is 7.14. The molecule has 0 aliphatic carbocycles. The minimum absolute atomic E-state index is 0.130. The van der Waals surface area contributed by atoms with Gasteiger partial charge in [0.05, 0.1) is 5.69 Å². The first-order chi connectivity index (χ1) is 9.37. The summed E-state index contributed by atoms with van der Waals surface area (Å²) in [5.74, 6) is 1.89. The fourth-order valence-corrected chi connectivity index (χ4v) is 2.74. The third kappa shape index (κ3) is 3.95. The molecule has 1 aromatic heterocycles. The van der Waals surface area contributed by atoms with Crippen molar-refractivity contribution in [3.63, 3.8) is 0 Å². The molecular weight excluding hydrogens is 246 g/mol. The molecule has 2 heterocycles. The minimum Gasteiger partial charge on any atom is -0.354 e. The average molecular weight is 275 g/mol. The van der Waals surface area contributed by atoms with Crippen molar-refractivity contribution in [3.05, 3.63) is 23.9 Å². The molecule has 112 valence electrons. The zero-order chi connectivity index (χ0) is 14.8. The highest BCUT2D eigenvalue weighted by atomic mass is 15.2. The molecule has 0 amide bonds. The number of nitrogens with one attached hydrogen (secondary N) is 1. The smallest absolute Gasteiger partial charge is 0.129 e. The SMILES string of the molecule is CC1CCCN(c2cccc(CNC(C)(C)C)n2)C1C. The highest BCUT2D eigenvalue weighted by molar-refractivity contribution is 5.41. The normalized spacial score (nSPS) is 23.9. The highest BCUT2D eigenvalue weighted by Gasteiger charge is 2.25. The lowest BCUT2D eigenvalue weighted by molar-refractivity contribution is 0.361. The van der Waals surface area contributed by atoms with Crippen molar-refractivity contribution in [2.45, 2.75) is 65.6 Å². The Morgan fingerprint density at radius 2 is 2.05 bits per heavy atom. The van der Waals surface area contributed by atoms with E-state index >= 15 is 0 Å². The van der Waals surface area contributed by atoms with Gasteiger partial charge in [0.2, 0.25) is 0 Å². The monoisotopic (exact) mass is 275 g/mol. The third-order valence-electron chi connectivity index (χ3n) is 4.26. The number of hydrogen-bond donors (Lipinski definition) is 1. The van der Waals surface area contributed by atoms with Gasteiger partial charge in [-0.3, -0.25) is 0 Å². The van der Waals surface area contributed by atoms with E-state index in [9.17, 15) is 0 Å². The van der Waals surface area contributed by atoms with Gasteiger partial charge in [0.25, 0.3) is 0 Å². The Morgan fingerprint density at radius 3 is 2.75 bits per heavy atom. The zero-order valence-electron chi connectivity index (χ0n) is 13.6. The Kier molecular flexibility index (Phi) is 4.69. The van der Waals surface area contributed by atoms with Crippen molar-refractivity contribution in [3.8, 4) is 0 Å². The number of pyridine rings is 1. The lowest BCUT2D eigenvalue weighted by atomic mass is 9.92. The van der Waals surface area contributed by atoms with E-state index < -0.39 is 0 Å². The molecule has 1 fully saturated rings. The molecule has 3 heteroatoms. The lowest BCUT2D eigenvalue weighted by Gasteiger charge is -2.39. The van der Waals surface area contributed by atoms with Crippen LogP contribution in [0, 0.1) is 5.92 Å². The van der Waals surface area contributed by atoms with Crippen LogP contribution in [0.1, 0.15) is 53.2 Å². The van der Waals surface area contributed by atoms with Gasteiger partial charge in [-0.05, 0) is 58.6 Å². The lowest BCUT2D eigenvalue weighted by Crippen LogP contribution is -2.43. The first kappa shape index (κ1) is 15.3. The summed E-state index contributed by atoms with van der Waals surface area (Å²) in [6.07, 6.45) is 2.61. The van der Waals surface area contributed by atoms with Crippen LogP contribution >= 0.6 is 0 Å². The van der Waals surface area contributed by atoms with Crippen molar-refractivity contribution in [2.75, 3.05) is 11.4 Å². The molecule has 20 heavy (non-hydrogen) atoms.